The number of aromatic nitrogens is 2. The van der Waals surface area contributed by atoms with Crippen molar-refractivity contribution in [2.45, 2.75) is 31.3 Å². The summed E-state index contributed by atoms with van der Waals surface area (Å²) in [5, 5.41) is 13.2. The summed E-state index contributed by atoms with van der Waals surface area (Å²) in [6.07, 6.45) is 3.77. The third-order valence-electron chi connectivity index (χ3n) is 8.46. The number of hydrogen-bond acceptors (Lipinski definition) is 7. The molecule has 2 aliphatic heterocycles. The molecule has 0 aliphatic carbocycles. The molecular formula is C33H33ClN6O2. The predicted molar refractivity (Wildman–Crippen MR) is 167 cm³/mol. The van der Waals surface area contributed by atoms with E-state index < -0.39 is 0 Å². The molecule has 0 unspecified atom stereocenters. The number of hydrogen-bond donors (Lipinski definition) is 0. The number of nitrogens with zero attached hydrogens (tertiary/aromatic N) is 6. The smallest absolute Gasteiger partial charge is 0.319 e. The number of carbonyl (C=O) groups is 1. The van der Waals surface area contributed by atoms with Gasteiger partial charge >= 0.3 is 6.01 Å². The number of carbonyl (C=O) groups excluding carboxylic acids is 1. The summed E-state index contributed by atoms with van der Waals surface area (Å²) >= 11 is 6.67. The second-order valence-corrected chi connectivity index (χ2v) is 11.4. The fourth-order valence-corrected chi connectivity index (χ4v) is 6.48. The molecule has 0 radical (unpaired) electrons. The standard InChI is InChI=1S/C33H33ClN6O2/c1-3-30(41)40-18-17-39(20-24(40)14-15-35)32-27-13-12-23(26-10-4-7-22-8-5-11-28(34)31(22)26)19-29(27)36-33(37-32)42-21-25-9-6-16-38(25)2/h3-5,7-8,10-13,19,24-25H,1,6,9,14,16-18,20-21H2,2H3/t24-,25-/m0/s1. The van der Waals surface area contributed by atoms with E-state index in [9.17, 15) is 10.1 Å². The first-order chi connectivity index (χ1) is 20.5. The van der Waals surface area contributed by atoms with Gasteiger partial charge in [0.1, 0.15) is 12.4 Å². The largest absolute Gasteiger partial charge is 0.462 e. The Morgan fingerprint density at radius 1 is 1.14 bits per heavy atom. The van der Waals surface area contributed by atoms with Crippen LogP contribution in [0.15, 0.2) is 67.3 Å². The van der Waals surface area contributed by atoms with Gasteiger partial charge < -0.3 is 19.4 Å². The normalized spacial score (nSPS) is 19.3. The van der Waals surface area contributed by atoms with Gasteiger partial charge in [-0.1, -0.05) is 54.6 Å². The molecule has 3 heterocycles. The van der Waals surface area contributed by atoms with Crippen molar-refractivity contribution >= 4 is 45.0 Å². The number of nitriles is 1. The molecular weight excluding hydrogens is 548 g/mol. The van der Waals surface area contributed by atoms with Gasteiger partial charge in [-0.2, -0.15) is 15.2 Å². The van der Waals surface area contributed by atoms with Crippen LogP contribution in [0.5, 0.6) is 6.01 Å². The van der Waals surface area contributed by atoms with E-state index in [0.717, 1.165) is 58.0 Å². The molecule has 9 heteroatoms. The molecule has 0 saturated carbocycles. The molecule has 8 nitrogen and oxygen atoms in total. The lowest BCUT2D eigenvalue weighted by atomic mass is 9.97. The third kappa shape index (κ3) is 5.38. The lowest BCUT2D eigenvalue weighted by molar-refractivity contribution is -0.128. The summed E-state index contributed by atoms with van der Waals surface area (Å²) in [6.45, 7) is 6.73. The number of halogens is 1. The maximum atomic E-state index is 12.5. The highest BCUT2D eigenvalue weighted by Gasteiger charge is 2.31. The van der Waals surface area contributed by atoms with Crippen molar-refractivity contribution in [3.8, 4) is 23.2 Å². The van der Waals surface area contributed by atoms with Gasteiger partial charge in [-0.25, -0.2) is 0 Å². The van der Waals surface area contributed by atoms with Gasteiger partial charge in [-0.15, -0.1) is 0 Å². The van der Waals surface area contributed by atoms with E-state index in [2.05, 4.69) is 59.8 Å². The van der Waals surface area contributed by atoms with Crippen LogP contribution in [0.2, 0.25) is 5.02 Å². The fraction of sp³-hybridized carbons (Fsp3) is 0.333. The number of piperazine rings is 1. The molecule has 0 bridgehead atoms. The van der Waals surface area contributed by atoms with Gasteiger partial charge in [0.2, 0.25) is 5.91 Å². The molecule has 2 atom stereocenters. The Labute approximate surface area is 250 Å². The Bertz CT molecular complexity index is 1700. The molecule has 6 rings (SSSR count). The van der Waals surface area contributed by atoms with Crippen molar-refractivity contribution in [2.24, 2.45) is 0 Å². The van der Waals surface area contributed by atoms with Crippen LogP contribution in [-0.4, -0.2) is 77.6 Å². The number of rotatable bonds is 7. The van der Waals surface area contributed by atoms with E-state index in [-0.39, 0.29) is 18.4 Å². The molecule has 2 saturated heterocycles. The number of likely N-dealkylation sites (N-methyl/N-ethyl adjacent to an activating group) is 1. The highest BCUT2D eigenvalue weighted by molar-refractivity contribution is 6.36. The summed E-state index contributed by atoms with van der Waals surface area (Å²) in [4.78, 5) is 28.5. The highest BCUT2D eigenvalue weighted by Crippen LogP contribution is 2.37. The van der Waals surface area contributed by atoms with Crippen LogP contribution in [0.1, 0.15) is 19.3 Å². The Hall–Kier alpha value is -4.19. The Morgan fingerprint density at radius 3 is 2.74 bits per heavy atom. The molecule has 2 aliphatic rings. The number of amides is 1. The van der Waals surface area contributed by atoms with Gasteiger partial charge in [-0.3, -0.25) is 4.79 Å². The first-order valence-corrected chi connectivity index (χ1v) is 14.7. The van der Waals surface area contributed by atoms with Crippen molar-refractivity contribution in [1.29, 1.82) is 5.26 Å². The molecule has 1 amide bonds. The molecule has 4 aromatic rings. The lowest BCUT2D eigenvalue weighted by Crippen LogP contribution is -2.55. The molecule has 2 fully saturated rings. The third-order valence-corrected chi connectivity index (χ3v) is 8.78. The average Bonchev–Trinajstić information content (AvgIpc) is 3.43. The number of fused-ring (bicyclic) bond motifs is 2. The first-order valence-electron chi connectivity index (χ1n) is 14.3. The van der Waals surface area contributed by atoms with E-state index in [1.54, 1.807) is 4.90 Å². The number of likely N-dealkylation sites (tertiary alicyclic amines) is 1. The first kappa shape index (κ1) is 28.0. The quantitative estimate of drug-likeness (QED) is 0.259. The highest BCUT2D eigenvalue weighted by atomic mass is 35.5. The molecule has 0 N–H and O–H groups in total. The molecule has 42 heavy (non-hydrogen) atoms. The summed E-state index contributed by atoms with van der Waals surface area (Å²) in [7, 11) is 2.12. The zero-order chi connectivity index (χ0) is 29.2. The van der Waals surface area contributed by atoms with Crippen molar-refractivity contribution in [1.82, 2.24) is 19.8 Å². The summed E-state index contributed by atoms with van der Waals surface area (Å²) in [5.41, 5.74) is 2.79. The Balaban J connectivity index is 1.42. The molecule has 0 spiro atoms. The zero-order valence-corrected chi connectivity index (χ0v) is 24.4. The summed E-state index contributed by atoms with van der Waals surface area (Å²) in [6, 6.07) is 20.9. The van der Waals surface area contributed by atoms with Gasteiger partial charge in [0.05, 0.1) is 24.0 Å². The van der Waals surface area contributed by atoms with Gasteiger partial charge in [0.15, 0.2) is 0 Å². The Kier molecular flexibility index (Phi) is 7.96. The average molecular weight is 581 g/mol. The minimum absolute atomic E-state index is 0.162. The number of anilines is 1. The van der Waals surface area contributed by atoms with E-state index in [1.807, 2.05) is 24.3 Å². The maximum absolute atomic E-state index is 12.5. The molecule has 214 valence electrons. The van der Waals surface area contributed by atoms with Crippen molar-refractivity contribution in [3.63, 3.8) is 0 Å². The van der Waals surface area contributed by atoms with Crippen molar-refractivity contribution < 1.29 is 9.53 Å². The van der Waals surface area contributed by atoms with E-state index in [0.29, 0.717) is 43.3 Å². The van der Waals surface area contributed by atoms with E-state index >= 15 is 0 Å². The van der Waals surface area contributed by atoms with Crippen LogP contribution in [-0.2, 0) is 4.79 Å². The Morgan fingerprint density at radius 2 is 1.98 bits per heavy atom. The SMILES string of the molecule is C=CC(=O)N1CCN(c2nc(OC[C@@H]3CCCN3C)nc3cc(-c4cccc5cccc(Cl)c45)ccc23)C[C@@H]1CC#N. The molecule has 1 aromatic heterocycles. The number of benzene rings is 3. The minimum atomic E-state index is -0.270. The van der Waals surface area contributed by atoms with E-state index in [1.165, 1.54) is 6.08 Å². The van der Waals surface area contributed by atoms with Crippen LogP contribution >= 0.6 is 11.6 Å². The maximum Gasteiger partial charge on any atom is 0.319 e. The predicted octanol–water partition coefficient (Wildman–Crippen LogP) is 5.69. The van der Waals surface area contributed by atoms with Gasteiger partial charge in [-0.05, 0) is 67.2 Å². The van der Waals surface area contributed by atoms with Gasteiger partial charge in [0.25, 0.3) is 0 Å². The van der Waals surface area contributed by atoms with Crippen LogP contribution in [0.25, 0.3) is 32.8 Å². The molecule has 3 aromatic carbocycles. The van der Waals surface area contributed by atoms with Crippen LogP contribution in [0.4, 0.5) is 5.82 Å². The second kappa shape index (κ2) is 12.0. The monoisotopic (exact) mass is 580 g/mol. The summed E-state index contributed by atoms with van der Waals surface area (Å²) < 4.78 is 6.24. The van der Waals surface area contributed by atoms with Crippen LogP contribution in [0.3, 0.4) is 0 Å². The van der Waals surface area contributed by atoms with Crippen molar-refractivity contribution in [3.05, 3.63) is 72.3 Å². The second-order valence-electron chi connectivity index (χ2n) is 11.0. The van der Waals surface area contributed by atoms with Crippen molar-refractivity contribution in [2.75, 3.05) is 44.7 Å². The topological polar surface area (TPSA) is 85.6 Å². The summed E-state index contributed by atoms with van der Waals surface area (Å²) in [5.74, 6) is 0.580. The zero-order valence-electron chi connectivity index (χ0n) is 23.7. The van der Waals surface area contributed by atoms with Gasteiger partial charge in [0, 0.05) is 41.5 Å². The minimum Gasteiger partial charge on any atom is -0.462 e. The van der Waals surface area contributed by atoms with E-state index in [4.69, 9.17) is 26.3 Å². The number of ether oxygens (including phenoxy) is 1. The van der Waals surface area contributed by atoms with Crippen LogP contribution < -0.4 is 9.64 Å². The fourth-order valence-electron chi connectivity index (χ4n) is 6.20. The van der Waals surface area contributed by atoms with Crippen LogP contribution in [0, 0.1) is 11.3 Å². The lowest BCUT2D eigenvalue weighted by Gasteiger charge is -2.41.